The van der Waals surface area contributed by atoms with E-state index in [0.717, 1.165) is 12.8 Å². The third kappa shape index (κ3) is 2.63. The van der Waals surface area contributed by atoms with Crippen molar-refractivity contribution in [2.75, 3.05) is 19.4 Å². The molecule has 2 atom stereocenters. The lowest BCUT2D eigenvalue weighted by atomic mass is 9.90. The van der Waals surface area contributed by atoms with Crippen molar-refractivity contribution in [1.82, 2.24) is 0 Å². The molecule has 2 aliphatic rings. The molecule has 1 aliphatic carbocycles. The number of fused-ring (bicyclic) bond motifs is 1. The highest BCUT2D eigenvalue weighted by molar-refractivity contribution is 7.54. The zero-order valence-corrected chi connectivity index (χ0v) is 11.2. The van der Waals surface area contributed by atoms with Crippen LogP contribution >= 0.6 is 7.60 Å². The number of hydrogen-bond acceptors (Lipinski definition) is 5. The summed E-state index contributed by atoms with van der Waals surface area (Å²) in [5, 5.41) is 0. The van der Waals surface area contributed by atoms with Gasteiger partial charge in [-0.05, 0) is 26.7 Å². The van der Waals surface area contributed by atoms with Crippen LogP contribution < -0.4 is 0 Å². The third-order valence-electron chi connectivity index (χ3n) is 3.20. The van der Waals surface area contributed by atoms with E-state index in [9.17, 15) is 9.36 Å². The number of rotatable bonds is 6. The highest BCUT2D eigenvalue weighted by atomic mass is 31.2. The van der Waals surface area contributed by atoms with E-state index < -0.39 is 13.2 Å². The molecule has 0 amide bonds. The van der Waals surface area contributed by atoms with Crippen molar-refractivity contribution in [2.45, 2.75) is 44.8 Å². The van der Waals surface area contributed by atoms with Crippen molar-refractivity contribution in [3.63, 3.8) is 0 Å². The van der Waals surface area contributed by atoms with Gasteiger partial charge < -0.3 is 13.8 Å². The summed E-state index contributed by atoms with van der Waals surface area (Å²) < 4.78 is 28.4. The van der Waals surface area contributed by atoms with Crippen LogP contribution in [0.5, 0.6) is 0 Å². The number of Topliss-reactive ketones (excluding diaryl/α,β-unsaturated/α-hetero) is 1. The van der Waals surface area contributed by atoms with Gasteiger partial charge in [0, 0.05) is 6.42 Å². The third-order valence-corrected chi connectivity index (χ3v) is 5.43. The Kier molecular flexibility index (Phi) is 3.74. The van der Waals surface area contributed by atoms with Crippen LogP contribution in [0.1, 0.15) is 33.1 Å². The highest BCUT2D eigenvalue weighted by Gasteiger charge is 2.64. The molecule has 1 aliphatic heterocycles. The fourth-order valence-corrected chi connectivity index (χ4v) is 4.59. The number of carbonyl (C=O) groups is 1. The SMILES string of the molecule is CCOP(=O)(CC12CCCC(=O)C1O2)OCC. The fourth-order valence-electron chi connectivity index (χ4n) is 2.49. The molecule has 1 heterocycles. The standard InChI is InChI=1S/C11H19O5P/c1-3-14-17(13,15-4-2)8-11-7-5-6-9(12)10(11)16-11/h10H,3-8H2,1-2H3. The lowest BCUT2D eigenvalue weighted by molar-refractivity contribution is -0.120. The molecule has 98 valence electrons. The van der Waals surface area contributed by atoms with Crippen molar-refractivity contribution in [3.8, 4) is 0 Å². The van der Waals surface area contributed by atoms with Gasteiger partial charge in [0.2, 0.25) is 0 Å². The van der Waals surface area contributed by atoms with Crippen LogP contribution in [0.25, 0.3) is 0 Å². The van der Waals surface area contributed by atoms with Crippen molar-refractivity contribution in [3.05, 3.63) is 0 Å². The van der Waals surface area contributed by atoms with Crippen LogP contribution in [0.4, 0.5) is 0 Å². The molecule has 17 heavy (non-hydrogen) atoms. The average Bonchev–Trinajstić information content (AvgIpc) is 2.93. The second-order valence-corrected chi connectivity index (χ2v) is 6.54. The van der Waals surface area contributed by atoms with Gasteiger partial charge in [-0.3, -0.25) is 9.36 Å². The van der Waals surface area contributed by atoms with Gasteiger partial charge in [0.25, 0.3) is 0 Å². The summed E-state index contributed by atoms with van der Waals surface area (Å²) in [5.74, 6) is 0.121. The molecule has 5 nitrogen and oxygen atoms in total. The van der Waals surface area contributed by atoms with Crippen LogP contribution in [-0.2, 0) is 23.1 Å². The number of hydrogen-bond donors (Lipinski definition) is 0. The Morgan fingerprint density at radius 3 is 2.65 bits per heavy atom. The van der Waals surface area contributed by atoms with E-state index >= 15 is 0 Å². The molecule has 0 spiro atoms. The van der Waals surface area contributed by atoms with Gasteiger partial charge in [-0.1, -0.05) is 0 Å². The first-order valence-corrected chi connectivity index (χ1v) is 7.87. The van der Waals surface area contributed by atoms with Gasteiger partial charge in [0.1, 0.15) is 11.7 Å². The molecule has 0 bridgehead atoms. The Balaban J connectivity index is 2.04. The van der Waals surface area contributed by atoms with Crippen LogP contribution in [0.2, 0.25) is 0 Å². The van der Waals surface area contributed by atoms with Crippen LogP contribution in [0, 0.1) is 0 Å². The Labute approximate surface area is 101 Å². The molecule has 1 saturated heterocycles. The normalized spacial score (nSPS) is 32.4. The van der Waals surface area contributed by atoms with Gasteiger partial charge >= 0.3 is 7.60 Å². The molecule has 0 radical (unpaired) electrons. The Morgan fingerprint density at radius 1 is 1.41 bits per heavy atom. The lowest BCUT2D eigenvalue weighted by Crippen LogP contribution is -2.30. The van der Waals surface area contributed by atoms with Crippen LogP contribution in [-0.4, -0.2) is 36.9 Å². The van der Waals surface area contributed by atoms with E-state index in [4.69, 9.17) is 13.8 Å². The zero-order chi connectivity index (χ0) is 12.5. The summed E-state index contributed by atoms with van der Waals surface area (Å²) >= 11 is 0. The van der Waals surface area contributed by atoms with Crippen molar-refractivity contribution < 1.29 is 23.1 Å². The molecule has 0 aromatic heterocycles. The highest BCUT2D eigenvalue weighted by Crippen LogP contribution is 2.59. The molecular formula is C11H19O5P. The van der Waals surface area contributed by atoms with Gasteiger partial charge in [-0.25, -0.2) is 0 Å². The van der Waals surface area contributed by atoms with E-state index in [2.05, 4.69) is 0 Å². The van der Waals surface area contributed by atoms with Gasteiger partial charge in [-0.15, -0.1) is 0 Å². The molecule has 2 unspecified atom stereocenters. The topological polar surface area (TPSA) is 65.1 Å². The largest absolute Gasteiger partial charge is 0.357 e. The van der Waals surface area contributed by atoms with Crippen molar-refractivity contribution in [1.29, 1.82) is 0 Å². The van der Waals surface area contributed by atoms with Gasteiger partial charge in [0.05, 0.1) is 19.4 Å². The van der Waals surface area contributed by atoms with Crippen LogP contribution in [0.3, 0.4) is 0 Å². The van der Waals surface area contributed by atoms with Gasteiger partial charge in [-0.2, -0.15) is 0 Å². The summed E-state index contributed by atoms with van der Waals surface area (Å²) in [5.41, 5.74) is -0.560. The monoisotopic (exact) mass is 262 g/mol. The molecule has 1 saturated carbocycles. The average molecular weight is 262 g/mol. The number of carbonyl (C=O) groups excluding carboxylic acids is 1. The molecule has 0 N–H and O–H groups in total. The smallest absolute Gasteiger partial charge is 0.333 e. The number of ether oxygens (including phenoxy) is 1. The summed E-state index contributed by atoms with van der Waals surface area (Å²) in [6.45, 7) is 4.24. The minimum atomic E-state index is -3.12. The Bertz CT molecular complexity index is 346. The summed E-state index contributed by atoms with van der Waals surface area (Å²) in [7, 11) is -3.12. The second kappa shape index (κ2) is 4.81. The van der Waals surface area contributed by atoms with E-state index in [0.29, 0.717) is 19.6 Å². The number of ketones is 1. The molecule has 0 aromatic carbocycles. The maximum Gasteiger partial charge on any atom is 0.333 e. The molecular weight excluding hydrogens is 243 g/mol. The quantitative estimate of drug-likeness (QED) is 0.542. The minimum absolute atomic E-state index is 0.121. The maximum atomic E-state index is 12.4. The predicted octanol–water partition coefficient (Wildman–Crippen LogP) is 2.14. The van der Waals surface area contributed by atoms with E-state index in [-0.39, 0.29) is 18.0 Å². The zero-order valence-electron chi connectivity index (χ0n) is 10.3. The lowest BCUT2D eigenvalue weighted by Gasteiger charge is -2.22. The van der Waals surface area contributed by atoms with E-state index in [1.807, 2.05) is 0 Å². The molecule has 0 aromatic rings. The number of epoxide rings is 1. The van der Waals surface area contributed by atoms with Crippen molar-refractivity contribution >= 4 is 13.4 Å². The molecule has 2 fully saturated rings. The Hall–Kier alpha value is -0.220. The van der Waals surface area contributed by atoms with E-state index in [1.54, 1.807) is 13.8 Å². The van der Waals surface area contributed by atoms with Crippen molar-refractivity contribution in [2.24, 2.45) is 0 Å². The van der Waals surface area contributed by atoms with E-state index in [1.165, 1.54) is 0 Å². The minimum Gasteiger partial charge on any atom is -0.357 e. The second-order valence-electron chi connectivity index (χ2n) is 4.49. The maximum absolute atomic E-state index is 12.4. The van der Waals surface area contributed by atoms with Gasteiger partial charge in [0.15, 0.2) is 5.78 Å². The predicted molar refractivity (Wildman–Crippen MR) is 62.2 cm³/mol. The van der Waals surface area contributed by atoms with Crippen LogP contribution in [0.15, 0.2) is 0 Å². The summed E-state index contributed by atoms with van der Waals surface area (Å²) in [6.07, 6.45) is 1.98. The first kappa shape index (κ1) is 13.2. The molecule has 2 rings (SSSR count). The first-order valence-electron chi connectivity index (χ1n) is 6.14. The summed E-state index contributed by atoms with van der Waals surface area (Å²) in [6, 6.07) is 0. The molecule has 6 heteroatoms. The Morgan fingerprint density at radius 2 is 2.06 bits per heavy atom. The fraction of sp³-hybridized carbons (Fsp3) is 0.909. The first-order chi connectivity index (χ1) is 8.05. The summed E-state index contributed by atoms with van der Waals surface area (Å²) in [4.78, 5) is 11.5.